The van der Waals surface area contributed by atoms with E-state index in [1.165, 1.54) is 24.3 Å². The Morgan fingerprint density at radius 3 is 1.55 bits per heavy atom. The first-order valence-corrected chi connectivity index (χ1v) is 15.4. The van der Waals surface area contributed by atoms with Gasteiger partial charge in [0.15, 0.2) is 22.6 Å². The summed E-state index contributed by atoms with van der Waals surface area (Å²) in [6.45, 7) is 10.8. The van der Waals surface area contributed by atoms with E-state index in [-0.39, 0.29) is 10.9 Å². The summed E-state index contributed by atoms with van der Waals surface area (Å²) in [5.41, 5.74) is 7.79. The summed E-state index contributed by atoms with van der Waals surface area (Å²) in [5, 5.41) is 2.68. The Labute approximate surface area is 272 Å². The van der Waals surface area contributed by atoms with Crippen LogP contribution in [-0.4, -0.2) is 64.3 Å². The molecule has 12 heteroatoms. The van der Waals surface area contributed by atoms with Gasteiger partial charge in [0.05, 0.1) is 26.4 Å². The van der Waals surface area contributed by atoms with Crippen LogP contribution in [0.15, 0.2) is 91.2 Å². The molecule has 2 fully saturated rings. The number of nitrogens with one attached hydrogen (secondary N) is 1. The molecule has 248 valence electrons. The van der Waals surface area contributed by atoms with Gasteiger partial charge < -0.3 is 38.6 Å². The molecule has 2 aromatic heterocycles. The van der Waals surface area contributed by atoms with Gasteiger partial charge >= 0.3 is 6.09 Å². The number of nitrogens with zero attached hydrogens (tertiary/aromatic N) is 2. The van der Waals surface area contributed by atoms with Crippen molar-refractivity contribution in [1.82, 2.24) is 0 Å². The maximum atomic E-state index is 12.1. The average molecular weight is 645 g/mol. The van der Waals surface area contributed by atoms with Crippen molar-refractivity contribution in [2.45, 2.75) is 26.4 Å². The van der Waals surface area contributed by atoms with Crippen LogP contribution in [0.25, 0.3) is 22.6 Å². The second kappa shape index (κ2) is 15.0. The van der Waals surface area contributed by atoms with Crippen LogP contribution in [-0.2, 0) is 14.2 Å². The zero-order valence-corrected chi connectivity index (χ0v) is 26.8. The van der Waals surface area contributed by atoms with Gasteiger partial charge in [0.25, 0.3) is 0 Å². The second-order valence-electron chi connectivity index (χ2n) is 12.0. The first kappa shape index (κ1) is 33.3. The number of rotatable bonds is 5. The van der Waals surface area contributed by atoms with Crippen molar-refractivity contribution in [2.24, 2.45) is 0 Å². The maximum absolute atomic E-state index is 12.1. The molecule has 2 aliphatic heterocycles. The van der Waals surface area contributed by atoms with Crippen LogP contribution in [0, 0.1) is 0 Å². The zero-order valence-electron chi connectivity index (χ0n) is 26.8. The highest BCUT2D eigenvalue weighted by molar-refractivity contribution is 5.85. The number of amides is 1. The number of hydrogen-bond donors (Lipinski definition) is 2. The van der Waals surface area contributed by atoms with Crippen LogP contribution in [0.4, 0.5) is 27.9 Å². The second-order valence-corrected chi connectivity index (χ2v) is 12.0. The van der Waals surface area contributed by atoms with E-state index in [0.717, 1.165) is 24.2 Å². The summed E-state index contributed by atoms with van der Waals surface area (Å²) >= 11 is 0. The highest BCUT2D eigenvalue weighted by Gasteiger charge is 2.18. The lowest BCUT2D eigenvalue weighted by atomic mass is 10.1. The van der Waals surface area contributed by atoms with Gasteiger partial charge in [-0.15, -0.1) is 0 Å². The normalized spacial score (nSPS) is 15.0. The van der Waals surface area contributed by atoms with Crippen LogP contribution < -0.4 is 31.7 Å². The fraction of sp³-hybridized carbons (Fsp3) is 0.343. The molecule has 0 atom stereocenters. The Bertz CT molecular complexity index is 1750. The van der Waals surface area contributed by atoms with E-state index in [4.69, 9.17) is 28.8 Å². The molecule has 0 spiro atoms. The molecule has 1 amide bonds. The summed E-state index contributed by atoms with van der Waals surface area (Å²) in [6, 6.07) is 20.3. The third-order valence-electron chi connectivity index (χ3n) is 7.16. The van der Waals surface area contributed by atoms with Gasteiger partial charge in [-0.3, -0.25) is 14.9 Å². The first-order valence-electron chi connectivity index (χ1n) is 15.4. The predicted molar refractivity (Wildman–Crippen MR) is 181 cm³/mol. The SMILES string of the molecule is CC(C)(C)OC(=O)Nc1ccc(-c2cc(=O)cc(N3CCOCC3)o2)cc1.Nc1ccc(-c2cc(=O)cc(N3CCOCC3)o2)cc1. The molecular weight excluding hydrogens is 604 g/mol. The van der Waals surface area contributed by atoms with Crippen LogP contribution in [0.2, 0.25) is 0 Å². The number of anilines is 4. The van der Waals surface area contributed by atoms with Crippen LogP contribution in [0.1, 0.15) is 20.8 Å². The molecule has 12 nitrogen and oxygen atoms in total. The summed E-state index contributed by atoms with van der Waals surface area (Å²) in [7, 11) is 0. The molecular formula is C35H40N4O8. The number of carbonyl (C=O) groups excluding carboxylic acids is 1. The van der Waals surface area contributed by atoms with E-state index in [0.29, 0.717) is 74.2 Å². The van der Waals surface area contributed by atoms with Gasteiger partial charge in [-0.05, 0) is 69.3 Å². The van der Waals surface area contributed by atoms with Crippen molar-refractivity contribution < 1.29 is 27.8 Å². The van der Waals surface area contributed by atoms with E-state index >= 15 is 0 Å². The number of hydrogen-bond acceptors (Lipinski definition) is 11. The molecule has 0 radical (unpaired) electrons. The molecule has 0 unspecified atom stereocenters. The number of carbonyl (C=O) groups is 1. The van der Waals surface area contributed by atoms with Crippen molar-refractivity contribution in [3.8, 4) is 22.6 Å². The monoisotopic (exact) mass is 644 g/mol. The van der Waals surface area contributed by atoms with E-state index in [2.05, 4.69) is 5.32 Å². The Morgan fingerprint density at radius 1 is 0.702 bits per heavy atom. The molecule has 0 bridgehead atoms. The molecule has 6 rings (SSSR count). The largest absolute Gasteiger partial charge is 0.444 e. The molecule has 0 aliphatic carbocycles. The minimum Gasteiger partial charge on any atom is -0.444 e. The molecule has 4 aromatic rings. The third kappa shape index (κ3) is 9.71. The topological polar surface area (TPSA) is 150 Å². The van der Waals surface area contributed by atoms with E-state index < -0.39 is 11.7 Å². The van der Waals surface area contributed by atoms with Gasteiger partial charge in [0.1, 0.15) is 17.1 Å². The number of nitrogens with two attached hydrogens (primary N) is 1. The van der Waals surface area contributed by atoms with Gasteiger partial charge in [-0.1, -0.05) is 0 Å². The van der Waals surface area contributed by atoms with Crippen molar-refractivity contribution in [1.29, 1.82) is 0 Å². The Kier molecular flexibility index (Phi) is 10.6. The van der Waals surface area contributed by atoms with Crippen molar-refractivity contribution in [2.75, 3.05) is 73.5 Å². The molecule has 47 heavy (non-hydrogen) atoms. The Morgan fingerprint density at radius 2 is 1.13 bits per heavy atom. The van der Waals surface area contributed by atoms with Crippen molar-refractivity contribution in [3.63, 3.8) is 0 Å². The number of ether oxygens (including phenoxy) is 3. The lowest BCUT2D eigenvalue weighted by Crippen LogP contribution is -2.36. The third-order valence-corrected chi connectivity index (χ3v) is 7.16. The fourth-order valence-electron chi connectivity index (χ4n) is 4.88. The van der Waals surface area contributed by atoms with Crippen LogP contribution in [0.5, 0.6) is 0 Å². The zero-order chi connectivity index (χ0) is 33.4. The lowest BCUT2D eigenvalue weighted by molar-refractivity contribution is 0.0636. The van der Waals surface area contributed by atoms with E-state index in [1.54, 1.807) is 57.2 Å². The van der Waals surface area contributed by atoms with Gasteiger partial charge in [0.2, 0.25) is 0 Å². The first-order chi connectivity index (χ1) is 22.5. The summed E-state index contributed by atoms with van der Waals surface area (Å²) in [5.74, 6) is 2.16. The Hall–Kier alpha value is -5.07. The standard InChI is InChI=1S/C20H24N2O5.C15H16N2O3/c1-20(2,3)27-19(24)21-15-6-4-14(5-7-15)17-12-16(23)13-18(26-17)22-8-10-25-11-9-22;16-12-3-1-11(2-4-12)14-9-13(18)10-15(20-14)17-5-7-19-8-6-17/h4-7,12-13H,8-11H2,1-3H3,(H,21,24);1-4,9-10H,5-8,16H2. The van der Waals surface area contributed by atoms with Gasteiger partial charge in [-0.2, -0.15) is 0 Å². The Balaban J connectivity index is 0.000000193. The van der Waals surface area contributed by atoms with Crippen LogP contribution >= 0.6 is 0 Å². The van der Waals surface area contributed by atoms with E-state index in [1.807, 2.05) is 21.9 Å². The smallest absolute Gasteiger partial charge is 0.412 e. The number of nitrogen functional groups attached to an aromatic ring is 1. The number of morpholine rings is 2. The van der Waals surface area contributed by atoms with Crippen molar-refractivity contribution >= 4 is 29.2 Å². The highest BCUT2D eigenvalue weighted by Crippen LogP contribution is 2.26. The quantitative estimate of drug-likeness (QED) is 0.276. The lowest BCUT2D eigenvalue weighted by Gasteiger charge is -2.27. The minimum atomic E-state index is -0.562. The summed E-state index contributed by atoms with van der Waals surface area (Å²) in [6.07, 6.45) is -0.518. The average Bonchev–Trinajstić information content (AvgIpc) is 3.05. The van der Waals surface area contributed by atoms with Gasteiger partial charge in [-0.25, -0.2) is 4.79 Å². The molecule has 2 saturated heterocycles. The molecule has 4 heterocycles. The number of benzene rings is 2. The molecule has 0 saturated carbocycles. The summed E-state index contributed by atoms with van der Waals surface area (Å²) in [4.78, 5) is 39.8. The maximum Gasteiger partial charge on any atom is 0.412 e. The molecule has 2 aliphatic rings. The summed E-state index contributed by atoms with van der Waals surface area (Å²) < 4.78 is 27.7. The molecule has 2 aromatic carbocycles. The van der Waals surface area contributed by atoms with Gasteiger partial charge in [0, 0.05) is 72.9 Å². The van der Waals surface area contributed by atoms with Crippen LogP contribution in [0.3, 0.4) is 0 Å². The minimum absolute atomic E-state index is 0.0652. The highest BCUT2D eigenvalue weighted by atomic mass is 16.6. The predicted octanol–water partition coefficient (Wildman–Crippen LogP) is 5.22. The van der Waals surface area contributed by atoms with E-state index in [9.17, 15) is 14.4 Å². The fourth-order valence-corrected chi connectivity index (χ4v) is 4.88. The van der Waals surface area contributed by atoms with Crippen molar-refractivity contribution in [3.05, 3.63) is 93.2 Å². The molecule has 3 N–H and O–H groups in total.